The molecule has 2 heterocycles. The molecule has 0 bridgehead atoms. The predicted octanol–water partition coefficient (Wildman–Crippen LogP) is 3.22. The molecule has 0 aliphatic carbocycles. The van der Waals surface area contributed by atoms with Gasteiger partial charge >= 0.3 is 5.97 Å². The van der Waals surface area contributed by atoms with E-state index in [-0.39, 0.29) is 18.0 Å². The molecule has 3 aromatic rings. The Balaban J connectivity index is 0.00000324. The lowest BCUT2D eigenvalue weighted by Crippen LogP contribution is -2.37. The van der Waals surface area contributed by atoms with Crippen LogP contribution in [-0.2, 0) is 14.8 Å². The van der Waals surface area contributed by atoms with Crippen LogP contribution in [0.5, 0.6) is 0 Å². The summed E-state index contributed by atoms with van der Waals surface area (Å²) in [5.41, 5.74) is 3.24. The Kier molecular flexibility index (Phi) is 7.92. The minimum absolute atomic E-state index is 0. The Morgan fingerprint density at radius 2 is 1.74 bits per heavy atom. The molecule has 1 aromatic heterocycles. The molecule has 0 unspecified atom stereocenters. The van der Waals surface area contributed by atoms with Crippen LogP contribution in [0, 0.1) is 0 Å². The molecule has 4 rings (SSSR count). The van der Waals surface area contributed by atoms with Gasteiger partial charge in [0.05, 0.1) is 36.4 Å². The summed E-state index contributed by atoms with van der Waals surface area (Å²) in [6, 6.07) is 13.7. The first-order chi connectivity index (χ1) is 15.8. The van der Waals surface area contributed by atoms with Crippen molar-refractivity contribution in [3.05, 3.63) is 60.3 Å². The maximum absolute atomic E-state index is 11.9. The largest absolute Gasteiger partial charge is 0.478 e. The van der Waals surface area contributed by atoms with Crippen LogP contribution in [0.15, 0.2) is 54.7 Å². The van der Waals surface area contributed by atoms with E-state index >= 15 is 0 Å². The van der Waals surface area contributed by atoms with Gasteiger partial charge in [-0.25, -0.2) is 23.2 Å². The molecule has 10 nitrogen and oxygen atoms in total. The van der Waals surface area contributed by atoms with Gasteiger partial charge in [-0.1, -0.05) is 12.1 Å². The third-order valence-corrected chi connectivity index (χ3v) is 5.58. The second-order valence-electron chi connectivity index (χ2n) is 7.48. The first-order valence-electron chi connectivity index (χ1n) is 10.2. The summed E-state index contributed by atoms with van der Waals surface area (Å²) >= 11 is 0. The number of hydrogen-bond donors (Lipinski definition) is 3. The zero-order chi connectivity index (χ0) is 23.4. The zero-order valence-corrected chi connectivity index (χ0v) is 19.9. The number of morpholine rings is 1. The maximum atomic E-state index is 11.9. The number of carboxylic acid groups (broad SMARTS) is 1. The molecule has 180 valence electrons. The third-order valence-electron chi connectivity index (χ3n) is 4.97. The summed E-state index contributed by atoms with van der Waals surface area (Å²) in [6.07, 6.45) is 2.68. The number of nitrogens with one attached hydrogen (secondary N) is 2. The van der Waals surface area contributed by atoms with E-state index in [0.29, 0.717) is 55.0 Å². The molecule has 34 heavy (non-hydrogen) atoms. The molecule has 0 atom stereocenters. The number of ether oxygens (including phenoxy) is 1. The third kappa shape index (κ3) is 6.34. The quantitative estimate of drug-likeness (QED) is 0.442. The maximum Gasteiger partial charge on any atom is 0.337 e. The van der Waals surface area contributed by atoms with Crippen molar-refractivity contribution in [1.82, 2.24) is 9.97 Å². The van der Waals surface area contributed by atoms with Crippen LogP contribution >= 0.6 is 12.4 Å². The number of anilines is 4. The molecule has 0 radical (unpaired) electrons. The van der Waals surface area contributed by atoms with Crippen LogP contribution in [0.1, 0.15) is 10.4 Å². The van der Waals surface area contributed by atoms with E-state index in [1.54, 1.807) is 54.7 Å². The number of halogens is 1. The first-order valence-corrected chi connectivity index (χ1v) is 12.1. The van der Waals surface area contributed by atoms with Gasteiger partial charge in [-0.2, -0.15) is 0 Å². The van der Waals surface area contributed by atoms with Gasteiger partial charge in [0.15, 0.2) is 0 Å². The van der Waals surface area contributed by atoms with E-state index in [2.05, 4.69) is 20.0 Å². The molecule has 1 fully saturated rings. The molecule has 0 spiro atoms. The van der Waals surface area contributed by atoms with Gasteiger partial charge in [0, 0.05) is 36.2 Å². The van der Waals surface area contributed by atoms with E-state index < -0.39 is 16.0 Å². The number of nitrogens with zero attached hydrogens (tertiary/aromatic N) is 3. The van der Waals surface area contributed by atoms with Crippen LogP contribution < -0.4 is 14.9 Å². The molecule has 2 aromatic carbocycles. The smallest absolute Gasteiger partial charge is 0.337 e. The number of carboxylic acids is 1. The summed E-state index contributed by atoms with van der Waals surface area (Å²) in [6.45, 7) is 2.39. The molecule has 1 saturated heterocycles. The van der Waals surface area contributed by atoms with Crippen LogP contribution in [0.25, 0.3) is 11.3 Å². The molecule has 12 heteroatoms. The molecule has 1 aliphatic rings. The average Bonchev–Trinajstić information content (AvgIpc) is 2.79. The Labute approximate surface area is 203 Å². The first kappa shape index (κ1) is 25.2. The lowest BCUT2D eigenvalue weighted by molar-refractivity contribution is 0.0696. The van der Waals surface area contributed by atoms with E-state index in [1.165, 1.54) is 0 Å². The van der Waals surface area contributed by atoms with Gasteiger partial charge in [-0.05, 0) is 36.4 Å². The monoisotopic (exact) mass is 505 g/mol. The lowest BCUT2D eigenvalue weighted by Gasteiger charge is -2.30. The zero-order valence-electron chi connectivity index (χ0n) is 18.3. The number of sulfonamides is 1. The van der Waals surface area contributed by atoms with Gasteiger partial charge in [0.25, 0.3) is 0 Å². The van der Waals surface area contributed by atoms with Crippen molar-refractivity contribution in [3.8, 4) is 11.3 Å². The fraction of sp³-hybridized carbons (Fsp3) is 0.227. The number of benzene rings is 2. The SMILES string of the molecule is CS(=O)(=O)Nc1ccc(-c2ccnc(Nc3ccc(N4CCOCC4)c(C(=O)O)c3)n2)cc1.Cl. The highest BCUT2D eigenvalue weighted by Crippen LogP contribution is 2.27. The number of hydrogen-bond acceptors (Lipinski definition) is 8. The minimum atomic E-state index is -3.35. The van der Waals surface area contributed by atoms with Crippen molar-refractivity contribution in [3.63, 3.8) is 0 Å². The van der Waals surface area contributed by atoms with Gasteiger partial charge in [-0.15, -0.1) is 12.4 Å². The molecule has 0 saturated carbocycles. The summed E-state index contributed by atoms with van der Waals surface area (Å²) < 4.78 is 30.5. The van der Waals surface area contributed by atoms with Crippen molar-refractivity contribution in [1.29, 1.82) is 0 Å². The highest BCUT2D eigenvalue weighted by molar-refractivity contribution is 7.92. The van der Waals surface area contributed by atoms with Crippen molar-refractivity contribution >= 4 is 51.4 Å². The van der Waals surface area contributed by atoms with E-state index in [4.69, 9.17) is 4.74 Å². The fourth-order valence-electron chi connectivity index (χ4n) is 3.50. The second kappa shape index (κ2) is 10.7. The van der Waals surface area contributed by atoms with Crippen LogP contribution in [0.2, 0.25) is 0 Å². The fourth-order valence-corrected chi connectivity index (χ4v) is 4.06. The topological polar surface area (TPSA) is 134 Å². The number of carbonyl (C=O) groups is 1. The lowest BCUT2D eigenvalue weighted by atomic mass is 10.1. The van der Waals surface area contributed by atoms with Crippen LogP contribution in [0.4, 0.5) is 23.0 Å². The molecular weight excluding hydrogens is 482 g/mol. The second-order valence-corrected chi connectivity index (χ2v) is 9.23. The van der Waals surface area contributed by atoms with Gasteiger partial charge in [-0.3, -0.25) is 4.72 Å². The van der Waals surface area contributed by atoms with Gasteiger partial charge in [0.1, 0.15) is 0 Å². The summed E-state index contributed by atoms with van der Waals surface area (Å²) in [7, 11) is -3.35. The highest BCUT2D eigenvalue weighted by atomic mass is 35.5. The Morgan fingerprint density at radius 1 is 1.06 bits per heavy atom. The van der Waals surface area contributed by atoms with E-state index in [1.807, 2.05) is 4.90 Å². The Hall–Kier alpha value is -3.41. The molecule has 3 N–H and O–H groups in total. The minimum Gasteiger partial charge on any atom is -0.478 e. The number of aromatic carboxylic acids is 1. The summed E-state index contributed by atoms with van der Waals surface area (Å²) in [5, 5.41) is 12.8. The van der Waals surface area contributed by atoms with Crippen LogP contribution in [0.3, 0.4) is 0 Å². The normalized spacial score (nSPS) is 13.6. The predicted molar refractivity (Wildman–Crippen MR) is 133 cm³/mol. The van der Waals surface area contributed by atoms with E-state index in [0.717, 1.165) is 11.8 Å². The number of aromatic nitrogens is 2. The highest BCUT2D eigenvalue weighted by Gasteiger charge is 2.19. The van der Waals surface area contributed by atoms with Crippen molar-refractivity contribution in [2.75, 3.05) is 47.5 Å². The molecular formula is C22H24ClN5O5S. The molecule has 1 aliphatic heterocycles. The van der Waals surface area contributed by atoms with Crippen molar-refractivity contribution in [2.45, 2.75) is 0 Å². The van der Waals surface area contributed by atoms with Crippen molar-refractivity contribution < 1.29 is 23.1 Å². The Bertz CT molecular complexity index is 1260. The van der Waals surface area contributed by atoms with Crippen molar-refractivity contribution in [2.24, 2.45) is 0 Å². The van der Waals surface area contributed by atoms with Crippen LogP contribution in [-0.4, -0.2) is 62.0 Å². The Morgan fingerprint density at radius 3 is 2.38 bits per heavy atom. The number of rotatable bonds is 7. The molecule has 0 amide bonds. The standard InChI is InChI=1S/C22H23N5O5S.ClH/c1-33(30,31)26-16-4-2-15(3-5-16)19-8-9-23-22(25-19)24-17-6-7-20(18(14-17)21(28)29)27-10-12-32-13-11-27;/h2-9,14,26H,10-13H2,1H3,(H,28,29)(H,23,24,25);1H. The van der Waals surface area contributed by atoms with Gasteiger partial charge < -0.3 is 20.1 Å². The van der Waals surface area contributed by atoms with E-state index in [9.17, 15) is 18.3 Å². The van der Waals surface area contributed by atoms with Gasteiger partial charge in [0.2, 0.25) is 16.0 Å². The summed E-state index contributed by atoms with van der Waals surface area (Å²) in [4.78, 5) is 22.6. The summed E-state index contributed by atoms with van der Waals surface area (Å²) in [5.74, 6) is -0.709. The average molecular weight is 506 g/mol.